The highest BCUT2D eigenvalue weighted by Crippen LogP contribution is 2.21. The van der Waals surface area contributed by atoms with Crippen molar-refractivity contribution in [1.82, 2.24) is 15.1 Å². The molecule has 0 fully saturated rings. The summed E-state index contributed by atoms with van der Waals surface area (Å²) < 4.78 is 6.98. The molecular weight excluding hydrogens is 234 g/mol. The maximum atomic E-state index is 9.38. The third kappa shape index (κ3) is 2.82. The van der Waals surface area contributed by atoms with Crippen LogP contribution >= 0.6 is 0 Å². The number of hydrogen-bond donors (Lipinski definition) is 3. The predicted octanol–water partition coefficient (Wildman–Crippen LogP) is -0.0399. The summed E-state index contributed by atoms with van der Waals surface area (Å²) in [6.45, 7) is 4.11. The second-order valence-corrected chi connectivity index (χ2v) is 4.50. The molecule has 0 atom stereocenters. The molecule has 0 bridgehead atoms. The Kier molecular flexibility index (Phi) is 5.13. The van der Waals surface area contributed by atoms with Gasteiger partial charge in [-0.05, 0) is 13.3 Å². The Hall–Kier alpha value is -1.11. The van der Waals surface area contributed by atoms with Crippen molar-refractivity contribution in [3.05, 3.63) is 11.3 Å². The molecule has 1 heterocycles. The summed E-state index contributed by atoms with van der Waals surface area (Å²) in [5.74, 6) is 0.695. The van der Waals surface area contributed by atoms with Crippen LogP contribution in [-0.2, 0) is 13.6 Å². The van der Waals surface area contributed by atoms with Crippen molar-refractivity contribution in [1.29, 1.82) is 0 Å². The molecule has 1 rings (SSSR count). The molecule has 0 aromatic carbocycles. The van der Waals surface area contributed by atoms with Crippen LogP contribution in [0.3, 0.4) is 0 Å². The van der Waals surface area contributed by atoms with Crippen molar-refractivity contribution >= 4 is 0 Å². The Morgan fingerprint density at radius 3 is 2.44 bits per heavy atom. The average molecular weight is 257 g/mol. The van der Waals surface area contributed by atoms with Gasteiger partial charge in [-0.15, -0.1) is 0 Å². The van der Waals surface area contributed by atoms with E-state index in [1.165, 1.54) is 0 Å². The molecule has 6 nitrogen and oxygen atoms in total. The zero-order chi connectivity index (χ0) is 13.8. The van der Waals surface area contributed by atoms with Crippen LogP contribution in [0.5, 0.6) is 5.88 Å². The van der Waals surface area contributed by atoms with Gasteiger partial charge >= 0.3 is 0 Å². The molecule has 0 aliphatic carbocycles. The average Bonchev–Trinajstić information content (AvgIpc) is 2.66. The van der Waals surface area contributed by atoms with E-state index in [0.29, 0.717) is 18.8 Å². The van der Waals surface area contributed by atoms with Crippen LogP contribution in [0, 0.1) is 6.92 Å². The first kappa shape index (κ1) is 14.9. The van der Waals surface area contributed by atoms with Crippen LogP contribution in [0.4, 0.5) is 0 Å². The smallest absolute Gasteiger partial charge is 0.216 e. The lowest BCUT2D eigenvalue weighted by Gasteiger charge is -2.29. The largest absolute Gasteiger partial charge is 0.481 e. The number of nitrogens with zero attached hydrogens (tertiary/aromatic N) is 2. The van der Waals surface area contributed by atoms with E-state index in [1.807, 2.05) is 20.9 Å². The number of aromatic nitrogens is 2. The lowest BCUT2D eigenvalue weighted by atomic mass is 9.98. The van der Waals surface area contributed by atoms with Crippen LogP contribution in [0.1, 0.15) is 24.6 Å². The first-order valence-electron chi connectivity index (χ1n) is 6.06. The van der Waals surface area contributed by atoms with Crippen molar-refractivity contribution in [2.75, 3.05) is 20.3 Å². The van der Waals surface area contributed by atoms with Crippen molar-refractivity contribution in [3.8, 4) is 5.88 Å². The fourth-order valence-corrected chi connectivity index (χ4v) is 1.93. The monoisotopic (exact) mass is 257 g/mol. The molecule has 0 radical (unpaired) electrons. The number of ether oxygens (including phenoxy) is 1. The third-order valence-electron chi connectivity index (χ3n) is 3.40. The van der Waals surface area contributed by atoms with Crippen molar-refractivity contribution < 1.29 is 14.9 Å². The van der Waals surface area contributed by atoms with E-state index >= 15 is 0 Å². The lowest BCUT2D eigenvalue weighted by molar-refractivity contribution is 0.0861. The van der Waals surface area contributed by atoms with Crippen LogP contribution in [-0.4, -0.2) is 45.9 Å². The highest BCUT2D eigenvalue weighted by molar-refractivity contribution is 5.30. The van der Waals surface area contributed by atoms with Gasteiger partial charge < -0.3 is 20.3 Å². The molecule has 0 aliphatic heterocycles. The van der Waals surface area contributed by atoms with E-state index in [4.69, 9.17) is 4.74 Å². The molecule has 3 N–H and O–H groups in total. The maximum absolute atomic E-state index is 9.38. The van der Waals surface area contributed by atoms with Gasteiger partial charge in [0.15, 0.2) is 0 Å². The van der Waals surface area contributed by atoms with Gasteiger partial charge in [0.1, 0.15) is 0 Å². The van der Waals surface area contributed by atoms with Gasteiger partial charge in [-0.3, -0.25) is 0 Å². The standard InChI is InChI=1S/C12H23N3O3/c1-5-12(7-16,8-17)13-6-10-9(2)14-15(3)11(10)18-4/h13,16-17H,5-8H2,1-4H3. The van der Waals surface area contributed by atoms with Crippen molar-refractivity contribution in [2.24, 2.45) is 7.05 Å². The SMILES string of the molecule is CCC(CO)(CO)NCc1c(C)nn(C)c1OC. The summed E-state index contributed by atoms with van der Waals surface area (Å²) in [7, 11) is 3.42. The number of aryl methyl sites for hydroxylation is 2. The molecule has 1 aromatic rings. The number of hydrogen-bond acceptors (Lipinski definition) is 5. The van der Waals surface area contributed by atoms with E-state index in [2.05, 4.69) is 10.4 Å². The Balaban J connectivity index is 2.85. The molecule has 0 saturated heterocycles. The molecule has 6 heteroatoms. The molecule has 18 heavy (non-hydrogen) atoms. The third-order valence-corrected chi connectivity index (χ3v) is 3.40. The topological polar surface area (TPSA) is 79.5 Å². The lowest BCUT2D eigenvalue weighted by Crippen LogP contribution is -2.50. The quantitative estimate of drug-likeness (QED) is 0.639. The summed E-state index contributed by atoms with van der Waals surface area (Å²) in [5.41, 5.74) is 1.16. The van der Waals surface area contributed by atoms with Gasteiger partial charge in [0.2, 0.25) is 5.88 Å². The minimum atomic E-state index is -0.659. The number of nitrogens with one attached hydrogen (secondary N) is 1. The van der Waals surface area contributed by atoms with Gasteiger partial charge in [-0.2, -0.15) is 5.10 Å². The normalized spacial score (nSPS) is 11.9. The fraction of sp³-hybridized carbons (Fsp3) is 0.750. The van der Waals surface area contributed by atoms with E-state index in [1.54, 1.807) is 11.8 Å². The van der Waals surface area contributed by atoms with Gasteiger partial charge in [0.25, 0.3) is 0 Å². The Labute approximate surface area is 108 Å². The maximum Gasteiger partial charge on any atom is 0.216 e. The highest BCUT2D eigenvalue weighted by atomic mass is 16.5. The fourth-order valence-electron chi connectivity index (χ4n) is 1.93. The molecule has 1 aromatic heterocycles. The zero-order valence-electron chi connectivity index (χ0n) is 11.5. The second kappa shape index (κ2) is 6.17. The van der Waals surface area contributed by atoms with Gasteiger partial charge in [-0.1, -0.05) is 6.92 Å². The molecule has 0 spiro atoms. The zero-order valence-corrected chi connectivity index (χ0v) is 11.5. The number of methoxy groups -OCH3 is 1. The van der Waals surface area contributed by atoms with Crippen molar-refractivity contribution in [2.45, 2.75) is 32.4 Å². The Bertz CT molecular complexity index is 378. The summed E-state index contributed by atoms with van der Waals surface area (Å²) in [5, 5.41) is 26.2. The highest BCUT2D eigenvalue weighted by Gasteiger charge is 2.27. The molecule has 104 valence electrons. The van der Waals surface area contributed by atoms with Crippen molar-refractivity contribution in [3.63, 3.8) is 0 Å². The minimum Gasteiger partial charge on any atom is -0.481 e. The molecule has 0 aliphatic rings. The molecule has 0 unspecified atom stereocenters. The predicted molar refractivity (Wildman–Crippen MR) is 68.5 cm³/mol. The van der Waals surface area contributed by atoms with Crippen LogP contribution in [0.15, 0.2) is 0 Å². The van der Waals surface area contributed by atoms with E-state index in [0.717, 1.165) is 11.3 Å². The van der Waals surface area contributed by atoms with Gasteiger partial charge in [-0.25, -0.2) is 4.68 Å². The van der Waals surface area contributed by atoms with Gasteiger partial charge in [0, 0.05) is 13.6 Å². The molecular formula is C12H23N3O3. The number of aliphatic hydroxyl groups excluding tert-OH is 2. The van der Waals surface area contributed by atoms with Crippen LogP contribution in [0.2, 0.25) is 0 Å². The molecule has 0 saturated carbocycles. The first-order chi connectivity index (χ1) is 8.53. The summed E-state index contributed by atoms with van der Waals surface area (Å²) >= 11 is 0. The minimum absolute atomic E-state index is 0.109. The van der Waals surface area contributed by atoms with E-state index in [-0.39, 0.29) is 13.2 Å². The van der Waals surface area contributed by atoms with Crippen LogP contribution < -0.4 is 10.1 Å². The summed E-state index contributed by atoms with van der Waals surface area (Å²) in [6, 6.07) is 0. The number of rotatable bonds is 7. The Morgan fingerprint density at radius 1 is 1.39 bits per heavy atom. The van der Waals surface area contributed by atoms with E-state index < -0.39 is 5.54 Å². The Morgan fingerprint density at radius 2 is 2.00 bits per heavy atom. The molecule has 0 amide bonds. The first-order valence-corrected chi connectivity index (χ1v) is 6.06. The van der Waals surface area contributed by atoms with Gasteiger partial charge in [0.05, 0.1) is 37.1 Å². The summed E-state index contributed by atoms with van der Waals surface area (Å²) in [6.07, 6.45) is 0.641. The number of aliphatic hydroxyl groups is 2. The van der Waals surface area contributed by atoms with Crippen LogP contribution in [0.25, 0.3) is 0 Å². The summed E-state index contributed by atoms with van der Waals surface area (Å²) in [4.78, 5) is 0. The van der Waals surface area contributed by atoms with E-state index in [9.17, 15) is 10.2 Å². The second-order valence-electron chi connectivity index (χ2n) is 4.50.